The zero-order chi connectivity index (χ0) is 18.7. The molecular weight excluding hydrogens is 346 g/mol. The molecule has 4 rings (SSSR count). The molecule has 3 aromatic rings. The van der Waals surface area contributed by atoms with Gasteiger partial charge >= 0.3 is 0 Å². The molecule has 0 spiro atoms. The zero-order valence-electron chi connectivity index (χ0n) is 15.1. The molecule has 1 aliphatic heterocycles. The fraction of sp³-hybridized carbons (Fsp3) is 0.368. The molecule has 3 heterocycles. The summed E-state index contributed by atoms with van der Waals surface area (Å²) >= 11 is 0. The molecule has 8 nitrogen and oxygen atoms in total. The largest absolute Gasteiger partial charge is 0.381 e. The van der Waals surface area contributed by atoms with Crippen molar-refractivity contribution < 1.29 is 14.1 Å². The van der Waals surface area contributed by atoms with Crippen LogP contribution in [-0.2, 0) is 28.5 Å². The summed E-state index contributed by atoms with van der Waals surface area (Å²) in [5.74, 6) is 0.770. The van der Waals surface area contributed by atoms with E-state index in [-0.39, 0.29) is 12.5 Å². The van der Waals surface area contributed by atoms with Crippen LogP contribution in [0.15, 0.2) is 47.2 Å². The molecule has 8 heteroatoms. The van der Waals surface area contributed by atoms with E-state index in [1.165, 1.54) is 0 Å². The molecule has 1 saturated heterocycles. The molecule has 0 aliphatic carbocycles. The van der Waals surface area contributed by atoms with E-state index in [2.05, 4.69) is 20.6 Å². The Labute approximate surface area is 156 Å². The molecule has 0 unspecified atom stereocenters. The van der Waals surface area contributed by atoms with E-state index in [0.29, 0.717) is 37.8 Å². The van der Waals surface area contributed by atoms with E-state index in [1.54, 1.807) is 17.1 Å². The Balaban J connectivity index is 1.48. The molecule has 1 fully saturated rings. The number of aromatic nitrogens is 4. The van der Waals surface area contributed by atoms with Gasteiger partial charge in [0, 0.05) is 26.5 Å². The van der Waals surface area contributed by atoms with Crippen LogP contribution in [0.5, 0.6) is 0 Å². The molecule has 140 valence electrons. The van der Waals surface area contributed by atoms with Crippen LogP contribution in [0.2, 0.25) is 0 Å². The van der Waals surface area contributed by atoms with Crippen molar-refractivity contribution in [2.24, 2.45) is 7.05 Å². The van der Waals surface area contributed by atoms with Gasteiger partial charge in [-0.1, -0.05) is 35.5 Å². The predicted octanol–water partition coefficient (Wildman–Crippen LogP) is 1.83. The van der Waals surface area contributed by atoms with E-state index < -0.39 is 5.41 Å². The van der Waals surface area contributed by atoms with E-state index in [1.807, 2.05) is 37.4 Å². The number of benzene rings is 1. The van der Waals surface area contributed by atoms with E-state index >= 15 is 0 Å². The summed E-state index contributed by atoms with van der Waals surface area (Å²) in [6.07, 6.45) is 4.76. The average molecular weight is 367 g/mol. The minimum absolute atomic E-state index is 0.0434. The van der Waals surface area contributed by atoms with Gasteiger partial charge in [0.15, 0.2) is 0 Å². The molecule has 1 N–H and O–H groups in total. The summed E-state index contributed by atoms with van der Waals surface area (Å²) in [7, 11) is 1.82. The van der Waals surface area contributed by atoms with E-state index in [9.17, 15) is 4.79 Å². The van der Waals surface area contributed by atoms with Crippen molar-refractivity contribution in [3.63, 3.8) is 0 Å². The highest BCUT2D eigenvalue weighted by Gasteiger charge is 2.41. The van der Waals surface area contributed by atoms with Gasteiger partial charge in [-0.25, -0.2) is 0 Å². The second-order valence-electron chi connectivity index (χ2n) is 6.66. The summed E-state index contributed by atoms with van der Waals surface area (Å²) in [6.45, 7) is 1.31. The van der Waals surface area contributed by atoms with Gasteiger partial charge in [-0.3, -0.25) is 9.48 Å². The first-order valence-corrected chi connectivity index (χ1v) is 8.90. The molecular formula is C19H21N5O3. The molecule has 0 saturated carbocycles. The van der Waals surface area contributed by atoms with Gasteiger partial charge in [0.1, 0.15) is 0 Å². The minimum atomic E-state index is -0.592. The van der Waals surface area contributed by atoms with Crippen LogP contribution in [0.1, 0.15) is 24.3 Å². The standard InChI is InChI=1S/C19H21N5O3/c1-24-13-14(11-21-24)17-22-16(27-23-17)12-20-18(25)19(7-9-26-10-8-19)15-5-3-2-4-6-15/h2-6,11,13H,7-10,12H2,1H3,(H,20,25). The number of nitrogens with zero attached hydrogens (tertiary/aromatic N) is 4. The molecule has 1 amide bonds. The SMILES string of the molecule is Cn1cc(-c2noc(CNC(=O)C3(c4ccccc4)CCOCC3)n2)cn1. The Morgan fingerprint density at radius 1 is 1.26 bits per heavy atom. The maximum absolute atomic E-state index is 13.1. The van der Waals surface area contributed by atoms with Crippen LogP contribution < -0.4 is 5.32 Å². The fourth-order valence-corrected chi connectivity index (χ4v) is 3.43. The highest BCUT2D eigenvalue weighted by Crippen LogP contribution is 2.35. The van der Waals surface area contributed by atoms with E-state index in [4.69, 9.17) is 9.26 Å². The number of aryl methyl sites for hydroxylation is 1. The van der Waals surface area contributed by atoms with Gasteiger partial charge in [-0.2, -0.15) is 10.1 Å². The third-order valence-electron chi connectivity index (χ3n) is 4.94. The van der Waals surface area contributed by atoms with Crippen LogP contribution in [0, 0.1) is 0 Å². The lowest BCUT2D eigenvalue weighted by Gasteiger charge is -2.36. The highest BCUT2D eigenvalue weighted by molar-refractivity contribution is 5.88. The fourth-order valence-electron chi connectivity index (χ4n) is 3.43. The number of carbonyl (C=O) groups excluding carboxylic acids is 1. The number of hydrogen-bond donors (Lipinski definition) is 1. The van der Waals surface area contributed by atoms with Crippen LogP contribution in [-0.4, -0.2) is 39.0 Å². The topological polar surface area (TPSA) is 95.1 Å². The number of nitrogens with one attached hydrogen (secondary N) is 1. The Bertz CT molecular complexity index is 912. The minimum Gasteiger partial charge on any atom is -0.381 e. The van der Waals surface area contributed by atoms with Gasteiger partial charge < -0.3 is 14.6 Å². The van der Waals surface area contributed by atoms with Crippen molar-refractivity contribution in [1.82, 2.24) is 25.2 Å². The number of hydrogen-bond acceptors (Lipinski definition) is 6. The average Bonchev–Trinajstić information content (AvgIpc) is 3.36. The normalized spacial score (nSPS) is 16.2. The van der Waals surface area contributed by atoms with Crippen molar-refractivity contribution in [3.8, 4) is 11.4 Å². The third kappa shape index (κ3) is 3.48. The maximum atomic E-state index is 13.1. The van der Waals surface area contributed by atoms with Gasteiger partial charge in [0.25, 0.3) is 0 Å². The zero-order valence-corrected chi connectivity index (χ0v) is 15.1. The van der Waals surface area contributed by atoms with Gasteiger partial charge in [-0.15, -0.1) is 0 Å². The summed E-state index contributed by atoms with van der Waals surface area (Å²) in [6, 6.07) is 9.86. The third-order valence-corrected chi connectivity index (χ3v) is 4.94. The lowest BCUT2D eigenvalue weighted by Crippen LogP contribution is -2.47. The van der Waals surface area contributed by atoms with Crippen LogP contribution in [0.4, 0.5) is 0 Å². The van der Waals surface area contributed by atoms with E-state index in [0.717, 1.165) is 11.1 Å². The van der Waals surface area contributed by atoms with Crippen molar-refractivity contribution >= 4 is 5.91 Å². The quantitative estimate of drug-likeness (QED) is 0.739. The maximum Gasteiger partial charge on any atom is 0.246 e. The van der Waals surface area contributed by atoms with Crippen LogP contribution >= 0.6 is 0 Å². The Morgan fingerprint density at radius 3 is 2.74 bits per heavy atom. The first kappa shape index (κ1) is 17.4. The van der Waals surface area contributed by atoms with Gasteiger partial charge in [0.05, 0.1) is 23.7 Å². The lowest BCUT2D eigenvalue weighted by molar-refractivity contribution is -0.130. The molecule has 0 bridgehead atoms. The van der Waals surface area contributed by atoms with Crippen LogP contribution in [0.3, 0.4) is 0 Å². The number of carbonyl (C=O) groups is 1. The number of rotatable bonds is 5. The lowest BCUT2D eigenvalue weighted by atomic mass is 9.73. The number of ether oxygens (including phenoxy) is 1. The molecule has 1 aromatic carbocycles. The monoisotopic (exact) mass is 367 g/mol. The van der Waals surface area contributed by atoms with Crippen molar-refractivity contribution in [1.29, 1.82) is 0 Å². The molecule has 27 heavy (non-hydrogen) atoms. The summed E-state index contributed by atoms with van der Waals surface area (Å²) in [5.41, 5.74) is 1.18. The first-order chi connectivity index (χ1) is 13.2. The molecule has 1 aliphatic rings. The second-order valence-corrected chi connectivity index (χ2v) is 6.66. The smallest absolute Gasteiger partial charge is 0.246 e. The molecule has 0 atom stereocenters. The van der Waals surface area contributed by atoms with Crippen molar-refractivity contribution in [2.75, 3.05) is 13.2 Å². The molecule has 0 radical (unpaired) electrons. The second kappa shape index (κ2) is 7.32. The Morgan fingerprint density at radius 2 is 2.04 bits per heavy atom. The number of amides is 1. The van der Waals surface area contributed by atoms with Crippen LogP contribution in [0.25, 0.3) is 11.4 Å². The Hall–Kier alpha value is -3.00. The van der Waals surface area contributed by atoms with Gasteiger partial charge in [0.2, 0.25) is 17.6 Å². The van der Waals surface area contributed by atoms with Crippen molar-refractivity contribution in [2.45, 2.75) is 24.8 Å². The molecule has 2 aromatic heterocycles. The Kier molecular flexibility index (Phi) is 4.72. The predicted molar refractivity (Wildman–Crippen MR) is 96.5 cm³/mol. The summed E-state index contributed by atoms with van der Waals surface area (Å²) < 4.78 is 12.4. The van der Waals surface area contributed by atoms with Gasteiger partial charge in [-0.05, 0) is 18.4 Å². The highest BCUT2D eigenvalue weighted by atomic mass is 16.5. The summed E-state index contributed by atoms with van der Waals surface area (Å²) in [4.78, 5) is 17.4. The summed E-state index contributed by atoms with van der Waals surface area (Å²) in [5, 5.41) is 11.0. The van der Waals surface area contributed by atoms with Crippen molar-refractivity contribution in [3.05, 3.63) is 54.2 Å². The first-order valence-electron chi connectivity index (χ1n) is 8.90.